The van der Waals surface area contributed by atoms with Crippen molar-refractivity contribution in [3.63, 3.8) is 0 Å². The van der Waals surface area contributed by atoms with E-state index in [0.29, 0.717) is 41.1 Å². The lowest BCUT2D eigenvalue weighted by molar-refractivity contribution is -0.145. The lowest BCUT2D eigenvalue weighted by atomic mass is 9.81. The van der Waals surface area contributed by atoms with Crippen LogP contribution in [0.25, 0.3) is 21.8 Å². The van der Waals surface area contributed by atoms with Crippen LogP contribution in [0.3, 0.4) is 0 Å². The number of rotatable bonds is 12. The van der Waals surface area contributed by atoms with Crippen LogP contribution in [-0.4, -0.2) is 127 Å². The SMILES string of the molecule is Cc1ncsc1-c1ccc([C@H](C)NC(=O)[C@@H]2C[C@@H](O)CN2C(=O)[C@@H](NC(=O)[C@H]2CC[C@H](N3CCC(c4ccc(N5C6CCC5CN(c5cc(-c7ccccc7O)nnc5N)C6)cc4)CC3)CC2)C(C)(C)C)cn1. The highest BCUT2D eigenvalue weighted by molar-refractivity contribution is 7.13. The minimum absolute atomic E-state index is 0.0262. The molecule has 73 heavy (non-hydrogen) atoms. The van der Waals surface area contributed by atoms with Crippen molar-refractivity contribution >= 4 is 46.3 Å². The molecule has 1 aliphatic carbocycles. The molecule has 5 aliphatic rings. The number of piperazine rings is 1. The zero-order valence-electron chi connectivity index (χ0n) is 42.8. The average molecular weight is 1010 g/mol. The number of nitrogens with zero attached hydrogens (tertiary/aromatic N) is 8. The monoisotopic (exact) mass is 1010 g/mol. The van der Waals surface area contributed by atoms with Crippen molar-refractivity contribution in [3.8, 4) is 27.6 Å². The number of benzene rings is 2. The predicted octanol–water partition coefficient (Wildman–Crippen LogP) is 7.22. The highest BCUT2D eigenvalue weighted by atomic mass is 32.1. The zero-order chi connectivity index (χ0) is 51.1. The maximum atomic E-state index is 14.4. The average Bonchev–Trinajstić information content (AvgIpc) is 4.09. The number of aliphatic hydroxyl groups is 1. The molecule has 6 atom stereocenters. The zero-order valence-corrected chi connectivity index (χ0v) is 43.6. The number of amides is 3. The molecule has 3 aromatic heterocycles. The van der Waals surface area contributed by atoms with Gasteiger partial charge in [-0.25, -0.2) is 4.98 Å². The molecule has 7 heterocycles. The number of nitrogens with one attached hydrogen (secondary N) is 2. The van der Waals surface area contributed by atoms with Gasteiger partial charge in [0.1, 0.15) is 17.8 Å². The first-order chi connectivity index (χ1) is 35.1. The van der Waals surface area contributed by atoms with Crippen molar-refractivity contribution in [2.75, 3.05) is 48.3 Å². The highest BCUT2D eigenvalue weighted by Crippen LogP contribution is 2.41. The van der Waals surface area contributed by atoms with Gasteiger partial charge in [0, 0.05) is 67.5 Å². The summed E-state index contributed by atoms with van der Waals surface area (Å²) < 4.78 is 0. The lowest BCUT2D eigenvalue weighted by Gasteiger charge is -2.44. The predicted molar refractivity (Wildman–Crippen MR) is 285 cm³/mol. The van der Waals surface area contributed by atoms with Crippen LogP contribution >= 0.6 is 11.3 Å². The Morgan fingerprint density at radius 2 is 1.51 bits per heavy atom. The molecule has 5 aromatic rings. The number of anilines is 3. The largest absolute Gasteiger partial charge is 0.507 e. The third-order valence-electron chi connectivity index (χ3n) is 16.5. The van der Waals surface area contributed by atoms with Crippen molar-refractivity contribution in [2.45, 2.75) is 141 Å². The Kier molecular flexibility index (Phi) is 14.5. The summed E-state index contributed by atoms with van der Waals surface area (Å²) in [5, 5.41) is 36.0. The first-order valence-corrected chi connectivity index (χ1v) is 27.2. The number of nitrogen functional groups attached to an aromatic ring is 1. The normalized spacial score (nSPS) is 24.6. The molecular formula is C56H71N11O5S. The summed E-state index contributed by atoms with van der Waals surface area (Å²) in [7, 11) is 0. The van der Waals surface area contributed by atoms with E-state index >= 15 is 0 Å². The smallest absolute Gasteiger partial charge is 0.246 e. The van der Waals surface area contributed by atoms with Crippen molar-refractivity contribution < 1.29 is 24.6 Å². The van der Waals surface area contributed by atoms with Crippen LogP contribution in [0.15, 0.2) is 78.4 Å². The molecule has 17 heteroatoms. The Balaban J connectivity index is 0.691. The van der Waals surface area contributed by atoms with Gasteiger partial charge >= 0.3 is 0 Å². The molecule has 0 spiro atoms. The second-order valence-corrected chi connectivity index (χ2v) is 23.2. The Hall–Kier alpha value is -6.17. The van der Waals surface area contributed by atoms with E-state index in [1.54, 1.807) is 23.8 Å². The fourth-order valence-electron chi connectivity index (χ4n) is 12.3. The quantitative estimate of drug-likeness (QED) is 0.0838. The number of phenolic OH excluding ortho intramolecular Hbond substituents is 1. The van der Waals surface area contributed by atoms with E-state index in [1.165, 1.54) is 27.5 Å². The number of β-amino-alcohol motifs (C(OH)–C–C–N with tert-alkyl or cyclic N) is 1. The van der Waals surface area contributed by atoms with Crippen molar-refractivity contribution in [1.29, 1.82) is 0 Å². The van der Waals surface area contributed by atoms with Gasteiger partial charge in [-0.05, 0) is 137 Å². The number of carbonyl (C=O) groups is 3. The minimum Gasteiger partial charge on any atom is -0.507 e. The Bertz CT molecular complexity index is 2750. The molecule has 4 saturated heterocycles. The van der Waals surface area contributed by atoms with Crippen LogP contribution in [-0.2, 0) is 14.4 Å². The van der Waals surface area contributed by atoms with Gasteiger partial charge in [0.05, 0.1) is 45.3 Å². The van der Waals surface area contributed by atoms with Gasteiger partial charge in [-0.2, -0.15) is 0 Å². The first-order valence-electron chi connectivity index (χ1n) is 26.3. The number of aryl methyl sites for hydroxylation is 1. The number of pyridine rings is 1. The molecule has 386 valence electrons. The number of phenols is 1. The van der Waals surface area contributed by atoms with E-state index in [-0.39, 0.29) is 48.4 Å². The number of piperidine rings is 1. The molecule has 2 bridgehead atoms. The van der Waals surface area contributed by atoms with Crippen LogP contribution in [0, 0.1) is 18.3 Å². The third-order valence-corrected chi connectivity index (χ3v) is 17.4. The van der Waals surface area contributed by atoms with Crippen molar-refractivity contribution in [2.24, 2.45) is 11.3 Å². The van der Waals surface area contributed by atoms with Gasteiger partial charge in [-0.1, -0.05) is 51.1 Å². The number of carbonyl (C=O) groups excluding carboxylic acids is 3. The summed E-state index contributed by atoms with van der Waals surface area (Å²) in [4.78, 5) is 61.2. The summed E-state index contributed by atoms with van der Waals surface area (Å²) >= 11 is 1.53. The number of thiazole rings is 1. The molecular weight excluding hydrogens is 939 g/mol. The number of fused-ring (bicyclic) bond motifs is 2. The Morgan fingerprint density at radius 3 is 2.15 bits per heavy atom. The number of aliphatic hydroxyl groups excluding tert-OH is 1. The highest BCUT2D eigenvalue weighted by Gasteiger charge is 2.46. The van der Waals surface area contributed by atoms with E-state index in [9.17, 15) is 24.6 Å². The van der Waals surface area contributed by atoms with E-state index in [2.05, 4.69) is 69.8 Å². The fourth-order valence-corrected chi connectivity index (χ4v) is 13.1. The van der Waals surface area contributed by atoms with E-state index in [1.807, 2.05) is 65.0 Å². The topological polar surface area (TPSA) is 206 Å². The number of likely N-dealkylation sites (tertiary alicyclic amines) is 2. The summed E-state index contributed by atoms with van der Waals surface area (Å²) in [6.45, 7) is 13.4. The summed E-state index contributed by atoms with van der Waals surface area (Å²) in [6, 6.07) is 21.4. The summed E-state index contributed by atoms with van der Waals surface area (Å²) in [5.41, 5.74) is 14.9. The Morgan fingerprint density at radius 1 is 0.808 bits per heavy atom. The molecule has 4 aliphatic heterocycles. The summed E-state index contributed by atoms with van der Waals surface area (Å²) in [6.07, 6.45) is 8.85. The van der Waals surface area contributed by atoms with Crippen LogP contribution in [0.2, 0.25) is 0 Å². The molecule has 3 amide bonds. The Labute approximate surface area is 432 Å². The molecule has 2 unspecified atom stereocenters. The van der Waals surface area contributed by atoms with E-state index in [0.717, 1.165) is 105 Å². The van der Waals surface area contributed by atoms with Crippen LogP contribution in [0.1, 0.15) is 114 Å². The number of nitrogens with two attached hydrogens (primary N) is 1. The van der Waals surface area contributed by atoms with Gasteiger partial charge in [-0.3, -0.25) is 19.4 Å². The van der Waals surface area contributed by atoms with Gasteiger partial charge in [0.25, 0.3) is 0 Å². The number of para-hydroxylation sites is 1. The molecule has 5 fully saturated rings. The molecule has 1 saturated carbocycles. The third kappa shape index (κ3) is 10.6. The van der Waals surface area contributed by atoms with Crippen LogP contribution in [0.5, 0.6) is 5.75 Å². The number of aromatic hydroxyl groups is 1. The molecule has 2 aromatic carbocycles. The van der Waals surface area contributed by atoms with Crippen molar-refractivity contribution in [3.05, 3.63) is 95.3 Å². The lowest BCUT2D eigenvalue weighted by Crippen LogP contribution is -2.58. The van der Waals surface area contributed by atoms with Crippen molar-refractivity contribution in [1.82, 2.24) is 40.6 Å². The van der Waals surface area contributed by atoms with Crippen LogP contribution < -0.4 is 26.2 Å². The van der Waals surface area contributed by atoms with E-state index in [4.69, 9.17) is 5.73 Å². The number of aromatic nitrogens is 4. The maximum Gasteiger partial charge on any atom is 0.246 e. The number of hydrogen-bond acceptors (Lipinski definition) is 14. The van der Waals surface area contributed by atoms with Gasteiger partial charge < -0.3 is 46.2 Å². The van der Waals surface area contributed by atoms with Gasteiger partial charge in [0.15, 0.2) is 5.82 Å². The minimum atomic E-state index is -0.869. The molecule has 10 rings (SSSR count). The first kappa shape index (κ1) is 50.4. The van der Waals surface area contributed by atoms with Gasteiger partial charge in [-0.15, -0.1) is 21.5 Å². The summed E-state index contributed by atoms with van der Waals surface area (Å²) in [5.74, 6) is 0.0827. The molecule has 6 N–H and O–H groups in total. The molecule has 16 nitrogen and oxygen atoms in total. The van der Waals surface area contributed by atoms with Gasteiger partial charge in [0.2, 0.25) is 17.7 Å². The second-order valence-electron chi connectivity index (χ2n) is 22.3. The fraction of sp³-hybridized carbons (Fsp3) is 0.518. The van der Waals surface area contributed by atoms with Crippen LogP contribution in [0.4, 0.5) is 17.2 Å². The standard InChI is InChI=1S/C56H71N11O5S/c1-33(38-14-21-45(58-28-38)50-34(2)59-32-73-50)60-54(71)48-26-43(68)31-66(48)55(72)51(56(3,4)5)61-53(70)37-12-15-39(16-13-37)64-24-22-36(23-25-64)35-10-17-40(18-11-35)67-41-19-20-42(67)30-65(29-41)47-27-46(62-63-52(47)57)44-8-6-7-9-49(44)69/h6-11,14,17-18,21,27-28,32-33,36-37,39,41-43,48,51,68-69H,12-13,15-16,19-20,22-26,29-31H2,1-5H3,(H2,57,63)(H,60,71)(H,61,70)/t33-,37-,39-,41?,42?,43+,48-,51+/m0/s1. The van der Waals surface area contributed by atoms with E-state index < -0.39 is 23.6 Å². The molecule has 0 radical (unpaired) electrons. The number of hydrogen-bond donors (Lipinski definition) is 5. The maximum absolute atomic E-state index is 14.4. The second kappa shape index (κ2) is 21.0.